The van der Waals surface area contributed by atoms with E-state index in [9.17, 15) is 18.4 Å². The number of carbonyl (C=O) groups is 2. The van der Waals surface area contributed by atoms with Crippen molar-refractivity contribution in [3.63, 3.8) is 0 Å². The first-order chi connectivity index (χ1) is 11.0. The molecule has 0 radical (unpaired) electrons. The number of anilines is 2. The summed E-state index contributed by atoms with van der Waals surface area (Å²) in [6, 6.07) is 11.1. The zero-order valence-electron chi connectivity index (χ0n) is 12.1. The van der Waals surface area contributed by atoms with E-state index < -0.39 is 11.7 Å². The molecule has 1 saturated heterocycles. The van der Waals surface area contributed by atoms with Crippen LogP contribution in [0.5, 0.6) is 0 Å². The summed E-state index contributed by atoms with van der Waals surface area (Å²) in [6.45, 7) is 0.214. The lowest BCUT2D eigenvalue weighted by Crippen LogP contribution is -2.28. The molecule has 1 aliphatic rings. The minimum atomic E-state index is -0.532. The Kier molecular flexibility index (Phi) is 4.06. The summed E-state index contributed by atoms with van der Waals surface area (Å²) < 4.78 is 26.1. The molecular formula is C17H14F2N2O2. The Hall–Kier alpha value is -2.76. The predicted octanol–water partition coefficient (Wildman–Crippen LogP) is 2.96. The molecule has 1 N–H and O–H groups in total. The predicted molar refractivity (Wildman–Crippen MR) is 81.9 cm³/mol. The number of nitrogens with zero attached hydrogens (tertiary/aromatic N) is 1. The molecule has 0 aliphatic carbocycles. The van der Waals surface area contributed by atoms with Crippen LogP contribution in [0.1, 0.15) is 6.42 Å². The highest BCUT2D eigenvalue weighted by Gasteiger charge is 2.35. The van der Waals surface area contributed by atoms with E-state index in [-0.39, 0.29) is 30.6 Å². The van der Waals surface area contributed by atoms with Gasteiger partial charge in [0.2, 0.25) is 11.8 Å². The third kappa shape index (κ3) is 3.36. The lowest BCUT2D eigenvalue weighted by molar-refractivity contribution is -0.122. The van der Waals surface area contributed by atoms with Crippen LogP contribution in [0, 0.1) is 17.6 Å². The van der Waals surface area contributed by atoms with Gasteiger partial charge in [0.25, 0.3) is 0 Å². The fourth-order valence-electron chi connectivity index (χ4n) is 2.56. The second-order valence-electron chi connectivity index (χ2n) is 5.38. The molecule has 0 aromatic heterocycles. The van der Waals surface area contributed by atoms with Crippen LogP contribution in [0.4, 0.5) is 20.2 Å². The van der Waals surface area contributed by atoms with E-state index in [0.29, 0.717) is 11.4 Å². The molecule has 1 atom stereocenters. The number of carbonyl (C=O) groups excluding carboxylic acids is 2. The van der Waals surface area contributed by atoms with Crippen molar-refractivity contribution in [3.05, 3.63) is 60.2 Å². The van der Waals surface area contributed by atoms with E-state index in [1.54, 1.807) is 6.07 Å². The SMILES string of the molecule is O=C(Nc1cccc(F)c1)[C@@H]1CC(=O)N(c2ccc(F)cc2)C1. The van der Waals surface area contributed by atoms with Gasteiger partial charge >= 0.3 is 0 Å². The van der Waals surface area contributed by atoms with Crippen molar-refractivity contribution < 1.29 is 18.4 Å². The number of amides is 2. The van der Waals surface area contributed by atoms with Gasteiger partial charge in [-0.05, 0) is 42.5 Å². The molecule has 2 amide bonds. The summed E-state index contributed by atoms with van der Waals surface area (Å²) in [5.74, 6) is -1.90. The van der Waals surface area contributed by atoms with Crippen molar-refractivity contribution in [1.82, 2.24) is 0 Å². The Morgan fingerprint density at radius 1 is 1.09 bits per heavy atom. The summed E-state index contributed by atoms with van der Waals surface area (Å²) in [5.41, 5.74) is 0.903. The fourth-order valence-corrected chi connectivity index (χ4v) is 2.56. The van der Waals surface area contributed by atoms with Gasteiger partial charge in [0.1, 0.15) is 11.6 Å². The maximum absolute atomic E-state index is 13.1. The maximum atomic E-state index is 13.1. The molecular weight excluding hydrogens is 302 g/mol. The van der Waals surface area contributed by atoms with Gasteiger partial charge in [0.15, 0.2) is 0 Å². The minimum absolute atomic E-state index is 0.0680. The molecule has 1 aliphatic heterocycles. The lowest BCUT2D eigenvalue weighted by Gasteiger charge is -2.16. The third-order valence-electron chi connectivity index (χ3n) is 3.73. The van der Waals surface area contributed by atoms with Gasteiger partial charge in [0, 0.05) is 24.3 Å². The largest absolute Gasteiger partial charge is 0.326 e. The lowest BCUT2D eigenvalue weighted by atomic mass is 10.1. The molecule has 1 heterocycles. The van der Waals surface area contributed by atoms with E-state index in [1.165, 1.54) is 47.4 Å². The van der Waals surface area contributed by atoms with Crippen molar-refractivity contribution in [3.8, 4) is 0 Å². The van der Waals surface area contributed by atoms with Crippen LogP contribution in [0.25, 0.3) is 0 Å². The first kappa shape index (κ1) is 15.1. The summed E-state index contributed by atoms with van der Waals surface area (Å²) in [5, 5.41) is 2.61. The molecule has 1 fully saturated rings. The van der Waals surface area contributed by atoms with Crippen molar-refractivity contribution in [2.45, 2.75) is 6.42 Å². The Bertz CT molecular complexity index is 747. The highest BCUT2D eigenvalue weighted by atomic mass is 19.1. The summed E-state index contributed by atoms with van der Waals surface area (Å²) >= 11 is 0. The van der Waals surface area contributed by atoms with Gasteiger partial charge in [0.05, 0.1) is 5.92 Å². The van der Waals surface area contributed by atoms with Crippen molar-refractivity contribution in [2.75, 3.05) is 16.8 Å². The zero-order valence-corrected chi connectivity index (χ0v) is 12.1. The molecule has 23 heavy (non-hydrogen) atoms. The Labute approximate surface area is 131 Å². The van der Waals surface area contributed by atoms with E-state index >= 15 is 0 Å². The highest BCUT2D eigenvalue weighted by molar-refractivity contribution is 6.03. The van der Waals surface area contributed by atoms with Crippen LogP contribution >= 0.6 is 0 Å². The molecule has 6 heteroatoms. The Morgan fingerprint density at radius 3 is 2.52 bits per heavy atom. The third-order valence-corrected chi connectivity index (χ3v) is 3.73. The molecule has 118 valence electrons. The second kappa shape index (κ2) is 6.16. The van der Waals surface area contributed by atoms with Crippen molar-refractivity contribution in [2.24, 2.45) is 5.92 Å². The normalized spacial score (nSPS) is 17.4. The average Bonchev–Trinajstić information content (AvgIpc) is 2.90. The topological polar surface area (TPSA) is 49.4 Å². The number of benzene rings is 2. The standard InChI is InChI=1S/C17H14F2N2O2/c18-12-4-6-15(7-5-12)21-10-11(8-16(21)22)17(23)20-14-3-1-2-13(19)9-14/h1-7,9,11H,8,10H2,(H,20,23)/t11-/m1/s1. The van der Waals surface area contributed by atoms with Crippen LogP contribution < -0.4 is 10.2 Å². The number of rotatable bonds is 3. The monoisotopic (exact) mass is 316 g/mol. The van der Waals surface area contributed by atoms with Crippen LogP contribution in [0.3, 0.4) is 0 Å². The van der Waals surface area contributed by atoms with Crippen LogP contribution in [-0.4, -0.2) is 18.4 Å². The molecule has 3 rings (SSSR count). The van der Waals surface area contributed by atoms with Crippen molar-refractivity contribution in [1.29, 1.82) is 0 Å². The molecule has 2 aromatic carbocycles. The van der Waals surface area contributed by atoms with Gasteiger partial charge in [-0.3, -0.25) is 9.59 Å². The smallest absolute Gasteiger partial charge is 0.229 e. The minimum Gasteiger partial charge on any atom is -0.326 e. The molecule has 0 spiro atoms. The number of halogens is 2. The first-order valence-corrected chi connectivity index (χ1v) is 7.15. The van der Waals surface area contributed by atoms with E-state index in [0.717, 1.165) is 0 Å². The van der Waals surface area contributed by atoms with E-state index in [4.69, 9.17) is 0 Å². The van der Waals surface area contributed by atoms with Gasteiger partial charge < -0.3 is 10.2 Å². The zero-order chi connectivity index (χ0) is 16.4. The van der Waals surface area contributed by atoms with E-state index in [1.807, 2.05) is 0 Å². The molecule has 0 saturated carbocycles. The van der Waals surface area contributed by atoms with Crippen LogP contribution in [0.15, 0.2) is 48.5 Å². The van der Waals surface area contributed by atoms with Crippen LogP contribution in [0.2, 0.25) is 0 Å². The van der Waals surface area contributed by atoms with Gasteiger partial charge in [-0.2, -0.15) is 0 Å². The van der Waals surface area contributed by atoms with Gasteiger partial charge in [-0.15, -0.1) is 0 Å². The highest BCUT2D eigenvalue weighted by Crippen LogP contribution is 2.26. The van der Waals surface area contributed by atoms with Gasteiger partial charge in [-0.1, -0.05) is 6.07 Å². The van der Waals surface area contributed by atoms with Crippen LogP contribution in [-0.2, 0) is 9.59 Å². The van der Waals surface area contributed by atoms with Gasteiger partial charge in [-0.25, -0.2) is 8.78 Å². The summed E-state index contributed by atoms with van der Waals surface area (Å²) in [7, 11) is 0. The van der Waals surface area contributed by atoms with Crippen molar-refractivity contribution >= 4 is 23.2 Å². The first-order valence-electron chi connectivity index (χ1n) is 7.15. The molecule has 0 unspecified atom stereocenters. The van der Waals surface area contributed by atoms with E-state index in [2.05, 4.69) is 5.32 Å². The molecule has 2 aromatic rings. The fraction of sp³-hybridized carbons (Fsp3) is 0.176. The number of hydrogen-bond donors (Lipinski definition) is 1. The maximum Gasteiger partial charge on any atom is 0.229 e. The second-order valence-corrected chi connectivity index (χ2v) is 5.38. The number of hydrogen-bond acceptors (Lipinski definition) is 2. The summed E-state index contributed by atoms with van der Waals surface area (Å²) in [6.07, 6.45) is 0.0680. The number of nitrogens with one attached hydrogen (secondary N) is 1. The Morgan fingerprint density at radius 2 is 1.83 bits per heavy atom. The average molecular weight is 316 g/mol. The molecule has 4 nitrogen and oxygen atoms in total. The molecule has 0 bridgehead atoms. The Balaban J connectivity index is 1.69. The quantitative estimate of drug-likeness (QED) is 0.946. The summed E-state index contributed by atoms with van der Waals surface area (Å²) in [4.78, 5) is 25.8.